The van der Waals surface area contributed by atoms with E-state index in [1.165, 1.54) is 31.3 Å². The standard InChI is InChI=1S/C32H43NO3/c1-21(9-14-30(36)32(16-17-32)29-8-4-5-18-33-29)26-12-13-27-23(7-6-15-31(26,27)3)10-11-24-19-25(34)20-28(35)22(24)2/h4-5,8-11,14,18,21,25-28,30,34-36H,2,6-7,12-13,15-17,19-20H2,1,3H3/t21-,25-,26-,27+,28+,30+,31-/m1/s1. The maximum absolute atomic E-state index is 11.1. The van der Waals surface area contributed by atoms with Gasteiger partial charge in [-0.3, -0.25) is 4.98 Å². The lowest BCUT2D eigenvalue weighted by Gasteiger charge is -2.44. The van der Waals surface area contributed by atoms with Crippen molar-refractivity contribution in [1.29, 1.82) is 0 Å². The largest absolute Gasteiger partial charge is 0.393 e. The number of hydrogen-bond donors (Lipinski definition) is 3. The monoisotopic (exact) mass is 489 g/mol. The van der Waals surface area contributed by atoms with E-state index in [0.29, 0.717) is 30.6 Å². The normalized spacial score (nSPS) is 37.9. The summed E-state index contributed by atoms with van der Waals surface area (Å²) in [5.41, 5.74) is 4.35. The fraction of sp³-hybridized carbons (Fsp3) is 0.594. The molecule has 4 saturated carbocycles. The second-order valence-corrected chi connectivity index (χ2v) is 12.2. The Morgan fingerprint density at radius 1 is 1.11 bits per heavy atom. The highest BCUT2D eigenvalue weighted by atomic mass is 16.3. The second kappa shape index (κ2) is 10.0. The average Bonchev–Trinajstić information content (AvgIpc) is 3.60. The summed E-state index contributed by atoms with van der Waals surface area (Å²) in [5, 5.41) is 31.4. The summed E-state index contributed by atoms with van der Waals surface area (Å²) >= 11 is 0. The van der Waals surface area contributed by atoms with Gasteiger partial charge in [0.15, 0.2) is 0 Å². The molecule has 3 N–H and O–H groups in total. The zero-order valence-corrected chi connectivity index (χ0v) is 21.9. The van der Waals surface area contributed by atoms with Crippen molar-refractivity contribution in [3.05, 3.63) is 77.7 Å². The molecule has 4 fully saturated rings. The third kappa shape index (κ3) is 4.68. The lowest BCUT2D eigenvalue weighted by atomic mass is 9.61. The van der Waals surface area contributed by atoms with Gasteiger partial charge in [-0.2, -0.15) is 0 Å². The average molecular weight is 490 g/mol. The van der Waals surface area contributed by atoms with Crippen molar-refractivity contribution in [1.82, 2.24) is 4.98 Å². The smallest absolute Gasteiger partial charge is 0.0832 e. The van der Waals surface area contributed by atoms with Crippen LogP contribution in [0.4, 0.5) is 0 Å². The first-order valence-electron chi connectivity index (χ1n) is 14.0. The van der Waals surface area contributed by atoms with Crippen molar-refractivity contribution in [2.75, 3.05) is 0 Å². The summed E-state index contributed by atoms with van der Waals surface area (Å²) in [6.45, 7) is 8.89. The van der Waals surface area contributed by atoms with E-state index in [4.69, 9.17) is 0 Å². The Kier molecular flexibility index (Phi) is 7.15. The van der Waals surface area contributed by atoms with Gasteiger partial charge in [-0.1, -0.05) is 56.4 Å². The minimum Gasteiger partial charge on any atom is -0.393 e. The van der Waals surface area contributed by atoms with E-state index in [2.05, 4.69) is 49.7 Å². The fourth-order valence-corrected chi connectivity index (χ4v) is 7.70. The number of nitrogens with zero attached hydrogens (tertiary/aromatic N) is 1. The molecule has 0 radical (unpaired) electrons. The molecule has 0 unspecified atom stereocenters. The van der Waals surface area contributed by atoms with Crippen LogP contribution >= 0.6 is 0 Å². The van der Waals surface area contributed by atoms with Crippen molar-refractivity contribution < 1.29 is 15.3 Å². The van der Waals surface area contributed by atoms with Crippen LogP contribution in [0.3, 0.4) is 0 Å². The molecule has 1 aromatic rings. The Balaban J connectivity index is 1.29. The van der Waals surface area contributed by atoms with Crippen LogP contribution in [-0.4, -0.2) is 38.6 Å². The van der Waals surface area contributed by atoms with E-state index in [1.54, 1.807) is 0 Å². The summed E-state index contributed by atoms with van der Waals surface area (Å²) in [5.74, 6) is 1.58. The van der Waals surface area contributed by atoms with Gasteiger partial charge in [0.1, 0.15) is 0 Å². The number of pyridine rings is 1. The van der Waals surface area contributed by atoms with Crippen LogP contribution in [0.25, 0.3) is 0 Å². The summed E-state index contributed by atoms with van der Waals surface area (Å²) in [7, 11) is 0. The summed E-state index contributed by atoms with van der Waals surface area (Å²) in [4.78, 5) is 4.54. The Labute approximate surface area is 216 Å². The van der Waals surface area contributed by atoms with E-state index in [0.717, 1.165) is 36.1 Å². The highest BCUT2D eigenvalue weighted by Gasteiger charge is 2.52. The highest BCUT2D eigenvalue weighted by molar-refractivity contribution is 5.39. The van der Waals surface area contributed by atoms with Crippen molar-refractivity contribution in [3.8, 4) is 0 Å². The Morgan fingerprint density at radius 2 is 1.92 bits per heavy atom. The highest BCUT2D eigenvalue weighted by Crippen LogP contribution is 2.59. The number of hydrogen-bond acceptors (Lipinski definition) is 4. The zero-order chi connectivity index (χ0) is 25.5. The molecule has 4 aliphatic rings. The molecule has 36 heavy (non-hydrogen) atoms. The third-order valence-electron chi connectivity index (χ3n) is 10.1. The van der Waals surface area contributed by atoms with Crippen molar-refractivity contribution in [2.24, 2.45) is 23.2 Å². The SMILES string of the molecule is C=C1C(=CC=C2CCC[C@]3(C)[C@@H]([C@H](C)C=C[C@H](O)C4(c5ccccn5)CC4)CC[C@@H]23)C[C@@H](O)C[C@@H]1O. The first kappa shape index (κ1) is 25.6. The zero-order valence-electron chi connectivity index (χ0n) is 21.9. The molecule has 7 atom stereocenters. The van der Waals surface area contributed by atoms with Gasteiger partial charge in [0.05, 0.1) is 18.3 Å². The van der Waals surface area contributed by atoms with Gasteiger partial charge in [-0.05, 0) is 97.8 Å². The molecule has 4 heteroatoms. The first-order valence-corrected chi connectivity index (χ1v) is 14.0. The summed E-state index contributed by atoms with van der Waals surface area (Å²) in [6.07, 6.45) is 17.9. The molecule has 1 heterocycles. The van der Waals surface area contributed by atoms with E-state index in [9.17, 15) is 15.3 Å². The number of rotatable bonds is 6. The van der Waals surface area contributed by atoms with Gasteiger partial charge < -0.3 is 15.3 Å². The molecular weight excluding hydrogens is 446 g/mol. The van der Waals surface area contributed by atoms with Crippen molar-refractivity contribution >= 4 is 0 Å². The third-order valence-corrected chi connectivity index (χ3v) is 10.1. The molecule has 4 nitrogen and oxygen atoms in total. The predicted molar refractivity (Wildman–Crippen MR) is 144 cm³/mol. The predicted octanol–water partition coefficient (Wildman–Crippen LogP) is 5.81. The number of aliphatic hydroxyl groups excluding tert-OH is 3. The Hall–Kier alpha value is -2.01. The minimum atomic E-state index is -0.638. The van der Waals surface area contributed by atoms with Crippen LogP contribution in [-0.2, 0) is 5.41 Å². The van der Waals surface area contributed by atoms with Gasteiger partial charge in [0.25, 0.3) is 0 Å². The lowest BCUT2D eigenvalue weighted by molar-refractivity contribution is 0.0862. The van der Waals surface area contributed by atoms with E-state index < -0.39 is 18.3 Å². The van der Waals surface area contributed by atoms with Crippen LogP contribution in [0.15, 0.2) is 72.0 Å². The van der Waals surface area contributed by atoms with Crippen LogP contribution in [0, 0.1) is 23.2 Å². The van der Waals surface area contributed by atoms with Crippen molar-refractivity contribution in [2.45, 2.75) is 95.4 Å². The van der Waals surface area contributed by atoms with Gasteiger partial charge in [0.2, 0.25) is 0 Å². The van der Waals surface area contributed by atoms with E-state index in [-0.39, 0.29) is 10.8 Å². The van der Waals surface area contributed by atoms with Gasteiger partial charge >= 0.3 is 0 Å². The van der Waals surface area contributed by atoms with Crippen LogP contribution in [0.2, 0.25) is 0 Å². The summed E-state index contributed by atoms with van der Waals surface area (Å²) < 4.78 is 0. The first-order chi connectivity index (χ1) is 17.2. The Morgan fingerprint density at radius 3 is 2.64 bits per heavy atom. The van der Waals surface area contributed by atoms with Crippen LogP contribution < -0.4 is 0 Å². The number of fused-ring (bicyclic) bond motifs is 1. The Bertz CT molecular complexity index is 1050. The minimum absolute atomic E-state index is 0.196. The molecule has 0 aliphatic heterocycles. The number of allylic oxidation sites excluding steroid dienone is 4. The lowest BCUT2D eigenvalue weighted by Crippen LogP contribution is -2.35. The van der Waals surface area contributed by atoms with Crippen LogP contribution in [0.5, 0.6) is 0 Å². The quantitative estimate of drug-likeness (QED) is 0.441. The van der Waals surface area contributed by atoms with E-state index in [1.807, 2.05) is 24.4 Å². The van der Waals surface area contributed by atoms with Crippen molar-refractivity contribution in [3.63, 3.8) is 0 Å². The number of aliphatic hydroxyl groups is 3. The summed E-state index contributed by atoms with van der Waals surface area (Å²) in [6, 6.07) is 5.99. The fourth-order valence-electron chi connectivity index (χ4n) is 7.70. The number of aromatic nitrogens is 1. The van der Waals surface area contributed by atoms with Crippen LogP contribution in [0.1, 0.15) is 77.3 Å². The molecule has 5 rings (SSSR count). The molecule has 4 aliphatic carbocycles. The van der Waals surface area contributed by atoms with Gasteiger partial charge in [-0.15, -0.1) is 0 Å². The maximum Gasteiger partial charge on any atom is 0.0832 e. The molecule has 0 saturated heterocycles. The van der Waals surface area contributed by atoms with Gasteiger partial charge in [-0.25, -0.2) is 0 Å². The topological polar surface area (TPSA) is 73.6 Å². The molecular formula is C32H43NO3. The molecule has 0 aromatic carbocycles. The molecule has 0 spiro atoms. The van der Waals surface area contributed by atoms with Gasteiger partial charge in [0, 0.05) is 23.7 Å². The van der Waals surface area contributed by atoms with E-state index >= 15 is 0 Å². The molecule has 1 aromatic heterocycles. The molecule has 194 valence electrons. The molecule has 0 amide bonds. The maximum atomic E-state index is 11.1. The molecule has 0 bridgehead atoms. The second-order valence-electron chi connectivity index (χ2n) is 12.2.